The molecule has 1 aliphatic heterocycles. The first kappa shape index (κ1) is 21.8. The standard InChI is InChI=1S/C23H29BrN2O3/c1-16(2)25-21(18-10-12-19(24)13-11-18)20-15-29-23(3,4)26(20)22(27)28-14-17-8-6-5-7-9-17/h5-13,16,20-21,25H,14-15H2,1-4H3/t20-,21+/m1/s1. The molecule has 0 aliphatic carbocycles. The van der Waals surface area contributed by atoms with E-state index in [0.29, 0.717) is 6.61 Å². The molecule has 0 saturated carbocycles. The molecule has 156 valence electrons. The average Bonchev–Trinajstić information content (AvgIpc) is 3.00. The lowest BCUT2D eigenvalue weighted by Gasteiger charge is -2.37. The number of hydrogen-bond acceptors (Lipinski definition) is 4. The summed E-state index contributed by atoms with van der Waals surface area (Å²) in [5.41, 5.74) is 1.32. The first-order valence-corrected chi connectivity index (χ1v) is 10.7. The lowest BCUT2D eigenvalue weighted by atomic mass is 9.97. The van der Waals surface area contributed by atoms with Crippen molar-refractivity contribution in [1.29, 1.82) is 0 Å². The van der Waals surface area contributed by atoms with Crippen molar-refractivity contribution in [2.75, 3.05) is 6.61 Å². The average molecular weight is 461 g/mol. The van der Waals surface area contributed by atoms with Crippen LogP contribution in [-0.4, -0.2) is 35.4 Å². The van der Waals surface area contributed by atoms with Crippen LogP contribution in [0.15, 0.2) is 59.1 Å². The van der Waals surface area contributed by atoms with Crippen LogP contribution in [0.3, 0.4) is 0 Å². The van der Waals surface area contributed by atoms with Crippen molar-refractivity contribution < 1.29 is 14.3 Å². The Kier molecular flexibility index (Phi) is 6.98. The van der Waals surface area contributed by atoms with Crippen LogP contribution in [0, 0.1) is 0 Å². The van der Waals surface area contributed by atoms with Crippen LogP contribution in [0.25, 0.3) is 0 Å². The number of benzene rings is 2. The van der Waals surface area contributed by atoms with Crippen LogP contribution in [-0.2, 0) is 16.1 Å². The molecule has 1 amide bonds. The molecule has 6 heteroatoms. The molecular formula is C23H29BrN2O3. The Balaban J connectivity index is 1.83. The minimum atomic E-state index is -0.745. The number of nitrogens with one attached hydrogen (secondary N) is 1. The van der Waals surface area contributed by atoms with Gasteiger partial charge >= 0.3 is 6.09 Å². The Morgan fingerprint density at radius 3 is 2.48 bits per heavy atom. The van der Waals surface area contributed by atoms with Crippen LogP contribution in [0.4, 0.5) is 4.79 Å². The molecule has 1 N–H and O–H groups in total. The highest BCUT2D eigenvalue weighted by molar-refractivity contribution is 9.10. The van der Waals surface area contributed by atoms with E-state index >= 15 is 0 Å². The predicted molar refractivity (Wildman–Crippen MR) is 117 cm³/mol. The summed E-state index contributed by atoms with van der Waals surface area (Å²) in [5, 5.41) is 3.61. The van der Waals surface area contributed by atoms with Gasteiger partial charge in [-0.2, -0.15) is 0 Å². The van der Waals surface area contributed by atoms with Crippen molar-refractivity contribution in [1.82, 2.24) is 10.2 Å². The second kappa shape index (κ2) is 9.28. The van der Waals surface area contributed by atoms with E-state index in [2.05, 4.69) is 47.2 Å². The molecule has 3 rings (SSSR count). The van der Waals surface area contributed by atoms with E-state index in [1.165, 1.54) is 0 Å². The van der Waals surface area contributed by atoms with Gasteiger partial charge < -0.3 is 14.8 Å². The van der Waals surface area contributed by atoms with E-state index in [1.807, 2.05) is 56.3 Å². The Morgan fingerprint density at radius 1 is 1.21 bits per heavy atom. The normalized spacial score (nSPS) is 19.4. The summed E-state index contributed by atoms with van der Waals surface area (Å²) in [6.45, 7) is 8.69. The molecule has 1 fully saturated rings. The van der Waals surface area contributed by atoms with Crippen molar-refractivity contribution >= 4 is 22.0 Å². The summed E-state index contributed by atoms with van der Waals surface area (Å²) in [6, 6.07) is 17.9. The number of halogens is 1. The zero-order valence-corrected chi connectivity index (χ0v) is 19.0. The maximum absolute atomic E-state index is 13.1. The van der Waals surface area contributed by atoms with Gasteiger partial charge in [-0.3, -0.25) is 4.90 Å². The summed E-state index contributed by atoms with van der Waals surface area (Å²) in [4.78, 5) is 14.8. The Hall–Kier alpha value is -1.89. The highest BCUT2D eigenvalue weighted by Crippen LogP contribution is 2.35. The van der Waals surface area contributed by atoms with Crippen molar-refractivity contribution in [3.63, 3.8) is 0 Å². The number of hydrogen-bond donors (Lipinski definition) is 1. The number of carbonyl (C=O) groups is 1. The monoisotopic (exact) mass is 460 g/mol. The largest absolute Gasteiger partial charge is 0.444 e. The van der Waals surface area contributed by atoms with E-state index < -0.39 is 5.72 Å². The summed E-state index contributed by atoms with van der Waals surface area (Å²) in [6.07, 6.45) is -0.367. The molecule has 2 aromatic carbocycles. The SMILES string of the molecule is CC(C)N[C@@H](c1ccc(Br)cc1)[C@H]1COC(C)(C)N1C(=O)OCc1ccccc1. The molecule has 0 spiro atoms. The van der Waals surface area contributed by atoms with Crippen LogP contribution in [0.5, 0.6) is 0 Å². The molecule has 0 unspecified atom stereocenters. The molecule has 1 heterocycles. The maximum atomic E-state index is 13.1. The van der Waals surface area contributed by atoms with Gasteiger partial charge in [-0.25, -0.2) is 4.79 Å². The first-order valence-electron chi connectivity index (χ1n) is 9.93. The van der Waals surface area contributed by atoms with E-state index in [0.717, 1.165) is 15.6 Å². The smallest absolute Gasteiger partial charge is 0.412 e. The fourth-order valence-electron chi connectivity index (χ4n) is 3.68. The molecule has 2 atom stereocenters. The van der Waals surface area contributed by atoms with Crippen LogP contribution < -0.4 is 5.32 Å². The molecule has 29 heavy (non-hydrogen) atoms. The molecule has 0 radical (unpaired) electrons. The third-order valence-corrected chi connectivity index (χ3v) is 5.58. The summed E-state index contributed by atoms with van der Waals surface area (Å²) in [5.74, 6) is 0. The molecule has 5 nitrogen and oxygen atoms in total. The second-order valence-electron chi connectivity index (χ2n) is 8.09. The van der Waals surface area contributed by atoms with E-state index in [-0.39, 0.29) is 30.8 Å². The van der Waals surface area contributed by atoms with Gasteiger partial charge in [0.25, 0.3) is 0 Å². The fraction of sp³-hybridized carbons (Fsp3) is 0.435. The zero-order valence-electron chi connectivity index (χ0n) is 17.4. The number of rotatable bonds is 6. The number of amides is 1. The lowest BCUT2D eigenvalue weighted by Crippen LogP contribution is -2.52. The maximum Gasteiger partial charge on any atom is 0.412 e. The van der Waals surface area contributed by atoms with Gasteiger partial charge in [0.05, 0.1) is 18.7 Å². The molecule has 2 aromatic rings. The molecule has 1 saturated heterocycles. The zero-order chi connectivity index (χ0) is 21.0. The van der Waals surface area contributed by atoms with E-state index in [9.17, 15) is 4.79 Å². The van der Waals surface area contributed by atoms with Gasteiger partial charge in [0.2, 0.25) is 0 Å². The minimum absolute atomic E-state index is 0.0749. The number of ether oxygens (including phenoxy) is 2. The second-order valence-corrected chi connectivity index (χ2v) is 9.00. The van der Waals surface area contributed by atoms with E-state index in [4.69, 9.17) is 9.47 Å². The third kappa shape index (κ3) is 5.38. The highest BCUT2D eigenvalue weighted by atomic mass is 79.9. The Bertz CT molecular complexity index is 809. The van der Waals surface area contributed by atoms with Crippen molar-refractivity contribution in [2.45, 2.75) is 58.2 Å². The van der Waals surface area contributed by atoms with Gasteiger partial charge in [-0.1, -0.05) is 72.2 Å². The highest BCUT2D eigenvalue weighted by Gasteiger charge is 2.48. The molecule has 1 aliphatic rings. The molecule has 0 aromatic heterocycles. The number of carbonyl (C=O) groups excluding carboxylic acids is 1. The van der Waals surface area contributed by atoms with Crippen LogP contribution in [0.2, 0.25) is 0 Å². The van der Waals surface area contributed by atoms with Gasteiger partial charge in [-0.05, 0) is 37.1 Å². The number of nitrogens with zero attached hydrogens (tertiary/aromatic N) is 1. The van der Waals surface area contributed by atoms with Crippen molar-refractivity contribution in [3.8, 4) is 0 Å². The predicted octanol–water partition coefficient (Wildman–Crippen LogP) is 5.26. The van der Waals surface area contributed by atoms with Crippen LogP contribution in [0.1, 0.15) is 44.9 Å². The summed E-state index contributed by atoms with van der Waals surface area (Å²) in [7, 11) is 0. The summed E-state index contributed by atoms with van der Waals surface area (Å²) >= 11 is 3.50. The van der Waals surface area contributed by atoms with Gasteiger partial charge in [-0.15, -0.1) is 0 Å². The quantitative estimate of drug-likeness (QED) is 0.638. The van der Waals surface area contributed by atoms with Gasteiger partial charge in [0.15, 0.2) is 0 Å². The fourth-order valence-corrected chi connectivity index (χ4v) is 3.95. The Morgan fingerprint density at radius 2 is 1.86 bits per heavy atom. The van der Waals surface area contributed by atoms with Gasteiger partial charge in [0, 0.05) is 10.5 Å². The summed E-state index contributed by atoms with van der Waals surface area (Å²) < 4.78 is 12.7. The first-order chi connectivity index (χ1) is 13.8. The van der Waals surface area contributed by atoms with E-state index in [1.54, 1.807) is 4.90 Å². The minimum Gasteiger partial charge on any atom is -0.444 e. The van der Waals surface area contributed by atoms with Crippen LogP contribution >= 0.6 is 15.9 Å². The lowest BCUT2D eigenvalue weighted by molar-refractivity contribution is -0.0504. The topological polar surface area (TPSA) is 50.8 Å². The van der Waals surface area contributed by atoms with Crippen molar-refractivity contribution in [3.05, 3.63) is 70.2 Å². The molecular weight excluding hydrogens is 432 g/mol. The van der Waals surface area contributed by atoms with Gasteiger partial charge in [0.1, 0.15) is 12.3 Å². The Labute approximate surface area is 181 Å². The third-order valence-electron chi connectivity index (χ3n) is 5.05. The molecule has 0 bridgehead atoms. The van der Waals surface area contributed by atoms with Crippen molar-refractivity contribution in [2.24, 2.45) is 0 Å².